The highest BCUT2D eigenvalue weighted by atomic mass is 32.2. The van der Waals surface area contributed by atoms with Crippen molar-refractivity contribution in [2.75, 3.05) is 18.6 Å². The van der Waals surface area contributed by atoms with Gasteiger partial charge in [0.2, 0.25) is 0 Å². The Balaban J connectivity index is 2.75. The minimum atomic E-state index is 0.683. The van der Waals surface area contributed by atoms with E-state index in [9.17, 15) is 0 Å². The van der Waals surface area contributed by atoms with Crippen LogP contribution in [0.3, 0.4) is 0 Å². The van der Waals surface area contributed by atoms with Crippen molar-refractivity contribution in [3.05, 3.63) is 18.2 Å². The van der Waals surface area contributed by atoms with Crippen LogP contribution in [0.5, 0.6) is 5.75 Å². The number of hydrogen-bond donors (Lipinski definition) is 1. The minimum Gasteiger partial charge on any atom is -0.496 e. The van der Waals surface area contributed by atoms with Crippen LogP contribution in [-0.4, -0.2) is 12.9 Å². The van der Waals surface area contributed by atoms with Crippen LogP contribution < -0.4 is 10.5 Å². The van der Waals surface area contributed by atoms with Gasteiger partial charge in [0.25, 0.3) is 0 Å². The second-order valence-electron chi connectivity index (χ2n) is 3.62. The van der Waals surface area contributed by atoms with Crippen LogP contribution in [0.15, 0.2) is 23.1 Å². The van der Waals surface area contributed by atoms with Crippen molar-refractivity contribution in [3.63, 3.8) is 0 Å². The van der Waals surface area contributed by atoms with Crippen LogP contribution in [0.2, 0.25) is 0 Å². The molecule has 14 heavy (non-hydrogen) atoms. The Labute approximate surface area is 89.8 Å². The maximum atomic E-state index is 5.67. The first-order valence-electron chi connectivity index (χ1n) is 4.69. The normalized spacial score (nSPS) is 10.6. The molecule has 0 aliphatic rings. The fourth-order valence-corrected chi connectivity index (χ4v) is 2.02. The number of rotatable bonds is 4. The molecule has 0 bridgehead atoms. The molecule has 2 N–H and O–H groups in total. The van der Waals surface area contributed by atoms with Crippen LogP contribution in [0.25, 0.3) is 0 Å². The van der Waals surface area contributed by atoms with Crippen LogP contribution in [0.4, 0.5) is 5.69 Å². The van der Waals surface area contributed by atoms with Gasteiger partial charge in [-0.05, 0) is 18.1 Å². The molecule has 1 aromatic rings. The van der Waals surface area contributed by atoms with Crippen LogP contribution in [0.1, 0.15) is 13.8 Å². The number of nitrogen functional groups attached to an aromatic ring is 1. The highest BCUT2D eigenvalue weighted by Crippen LogP contribution is 2.31. The molecule has 78 valence electrons. The first kappa shape index (κ1) is 11.2. The molecule has 0 aliphatic carbocycles. The van der Waals surface area contributed by atoms with Crippen molar-refractivity contribution in [3.8, 4) is 5.75 Å². The summed E-state index contributed by atoms with van der Waals surface area (Å²) in [5, 5.41) is 0. The molecular formula is C11H17NOS. The SMILES string of the molecule is COc1cc(N)ccc1SCC(C)C. The predicted molar refractivity (Wildman–Crippen MR) is 63.0 cm³/mol. The van der Waals surface area contributed by atoms with E-state index in [-0.39, 0.29) is 0 Å². The highest BCUT2D eigenvalue weighted by Gasteiger charge is 2.04. The third-order valence-electron chi connectivity index (χ3n) is 1.76. The highest BCUT2D eigenvalue weighted by molar-refractivity contribution is 7.99. The topological polar surface area (TPSA) is 35.2 Å². The van der Waals surface area contributed by atoms with Gasteiger partial charge in [-0.25, -0.2) is 0 Å². The van der Waals surface area contributed by atoms with Gasteiger partial charge < -0.3 is 10.5 Å². The zero-order valence-electron chi connectivity index (χ0n) is 8.91. The first-order valence-corrected chi connectivity index (χ1v) is 5.68. The minimum absolute atomic E-state index is 0.683. The number of nitrogens with two attached hydrogens (primary N) is 1. The van der Waals surface area contributed by atoms with Crippen molar-refractivity contribution in [2.45, 2.75) is 18.7 Å². The van der Waals surface area contributed by atoms with E-state index in [4.69, 9.17) is 10.5 Å². The van der Waals surface area contributed by atoms with Gasteiger partial charge in [0.05, 0.1) is 7.11 Å². The molecule has 0 heterocycles. The van der Waals surface area contributed by atoms with Gasteiger partial charge in [-0.15, -0.1) is 11.8 Å². The zero-order valence-corrected chi connectivity index (χ0v) is 9.73. The van der Waals surface area contributed by atoms with Gasteiger partial charge in [0.15, 0.2) is 0 Å². The summed E-state index contributed by atoms with van der Waals surface area (Å²) in [7, 11) is 1.67. The van der Waals surface area contributed by atoms with E-state index in [1.165, 1.54) is 0 Å². The van der Waals surface area contributed by atoms with Crippen LogP contribution in [-0.2, 0) is 0 Å². The second-order valence-corrected chi connectivity index (χ2v) is 4.68. The molecule has 3 heteroatoms. The summed E-state index contributed by atoms with van der Waals surface area (Å²) in [6, 6.07) is 5.79. The summed E-state index contributed by atoms with van der Waals surface area (Å²) in [6.45, 7) is 4.41. The quantitative estimate of drug-likeness (QED) is 0.614. The number of hydrogen-bond acceptors (Lipinski definition) is 3. The van der Waals surface area contributed by atoms with Gasteiger partial charge in [0, 0.05) is 22.4 Å². The Morgan fingerprint density at radius 3 is 2.71 bits per heavy atom. The molecule has 0 aliphatic heterocycles. The van der Waals surface area contributed by atoms with E-state index >= 15 is 0 Å². The van der Waals surface area contributed by atoms with Crippen LogP contribution >= 0.6 is 11.8 Å². The summed E-state index contributed by atoms with van der Waals surface area (Å²) in [5.41, 5.74) is 6.42. The smallest absolute Gasteiger partial charge is 0.134 e. The molecule has 0 unspecified atom stereocenters. The van der Waals surface area contributed by atoms with Crippen molar-refractivity contribution in [1.29, 1.82) is 0 Å². The van der Waals surface area contributed by atoms with E-state index in [1.54, 1.807) is 7.11 Å². The number of methoxy groups -OCH3 is 1. The molecule has 1 rings (SSSR count). The zero-order chi connectivity index (χ0) is 10.6. The van der Waals surface area contributed by atoms with Gasteiger partial charge in [-0.3, -0.25) is 0 Å². The summed E-state index contributed by atoms with van der Waals surface area (Å²) >= 11 is 1.81. The standard InChI is InChI=1S/C11H17NOS/c1-8(2)7-14-11-5-4-9(12)6-10(11)13-3/h4-6,8H,7,12H2,1-3H3. The van der Waals surface area contributed by atoms with Crippen molar-refractivity contribution in [1.82, 2.24) is 0 Å². The Kier molecular flexibility index (Phi) is 4.14. The average Bonchev–Trinajstić information content (AvgIpc) is 2.15. The van der Waals surface area contributed by atoms with E-state index < -0.39 is 0 Å². The summed E-state index contributed by atoms with van der Waals surface area (Å²) < 4.78 is 5.26. The molecule has 0 atom stereocenters. The summed E-state index contributed by atoms with van der Waals surface area (Å²) in [5.74, 6) is 2.65. The lowest BCUT2D eigenvalue weighted by Crippen LogP contribution is -1.93. The van der Waals surface area contributed by atoms with Crippen molar-refractivity contribution in [2.24, 2.45) is 5.92 Å². The maximum absolute atomic E-state index is 5.67. The predicted octanol–water partition coefficient (Wildman–Crippen LogP) is 3.03. The number of ether oxygens (including phenoxy) is 1. The van der Waals surface area contributed by atoms with Crippen molar-refractivity contribution >= 4 is 17.4 Å². The van der Waals surface area contributed by atoms with E-state index in [0.717, 1.165) is 22.1 Å². The lowest BCUT2D eigenvalue weighted by atomic mass is 10.3. The molecule has 0 aromatic heterocycles. The molecule has 1 aromatic carbocycles. The molecule has 0 amide bonds. The van der Waals surface area contributed by atoms with E-state index in [1.807, 2.05) is 30.0 Å². The lowest BCUT2D eigenvalue weighted by Gasteiger charge is -2.09. The molecular weight excluding hydrogens is 194 g/mol. The maximum Gasteiger partial charge on any atom is 0.134 e. The first-order chi connectivity index (χ1) is 6.63. The largest absolute Gasteiger partial charge is 0.496 e. The summed E-state index contributed by atoms with van der Waals surface area (Å²) in [4.78, 5) is 1.16. The van der Waals surface area contributed by atoms with Gasteiger partial charge >= 0.3 is 0 Å². The van der Waals surface area contributed by atoms with Gasteiger partial charge in [0.1, 0.15) is 5.75 Å². The number of thioether (sulfide) groups is 1. The Bertz CT molecular complexity index is 299. The molecule has 0 spiro atoms. The van der Waals surface area contributed by atoms with Crippen molar-refractivity contribution < 1.29 is 4.74 Å². The molecule has 0 radical (unpaired) electrons. The molecule has 0 fully saturated rings. The van der Waals surface area contributed by atoms with Gasteiger partial charge in [-0.1, -0.05) is 13.8 Å². The number of benzene rings is 1. The van der Waals surface area contributed by atoms with Crippen LogP contribution in [0, 0.1) is 5.92 Å². The fourth-order valence-electron chi connectivity index (χ4n) is 1.06. The third kappa shape index (κ3) is 3.14. The Morgan fingerprint density at radius 2 is 2.14 bits per heavy atom. The second kappa shape index (κ2) is 5.15. The molecule has 0 saturated carbocycles. The van der Waals surface area contributed by atoms with E-state index in [2.05, 4.69) is 13.8 Å². The monoisotopic (exact) mass is 211 g/mol. The van der Waals surface area contributed by atoms with Gasteiger partial charge in [-0.2, -0.15) is 0 Å². The lowest BCUT2D eigenvalue weighted by molar-refractivity contribution is 0.405. The number of anilines is 1. The fraction of sp³-hybridized carbons (Fsp3) is 0.455. The van der Waals surface area contributed by atoms with E-state index in [0.29, 0.717) is 5.92 Å². The Hall–Kier alpha value is -0.830. The summed E-state index contributed by atoms with van der Waals surface area (Å²) in [6.07, 6.45) is 0. The molecule has 2 nitrogen and oxygen atoms in total. The average molecular weight is 211 g/mol. The Morgan fingerprint density at radius 1 is 1.43 bits per heavy atom. The molecule has 0 saturated heterocycles. The third-order valence-corrected chi connectivity index (χ3v) is 3.24.